The van der Waals surface area contributed by atoms with Crippen molar-refractivity contribution >= 4 is 69.0 Å². The number of aromatic amines is 3. The van der Waals surface area contributed by atoms with Gasteiger partial charge in [0.25, 0.3) is 0 Å². The molecule has 0 fully saturated rings. The van der Waals surface area contributed by atoms with Gasteiger partial charge in [0.1, 0.15) is 42.3 Å². The van der Waals surface area contributed by atoms with Crippen LogP contribution in [0.1, 0.15) is 70.5 Å². The monoisotopic (exact) mass is 1010 g/mol. The van der Waals surface area contributed by atoms with Crippen LogP contribution < -0.4 is 37.2 Å². The fourth-order valence-electron chi connectivity index (χ4n) is 8.38. The van der Waals surface area contributed by atoms with Gasteiger partial charge in [-0.25, -0.2) is 14.8 Å². The van der Waals surface area contributed by atoms with E-state index in [0.717, 1.165) is 27.2 Å². The number of hydrogen-bond donors (Lipinski definition) is 10. The summed E-state index contributed by atoms with van der Waals surface area (Å²) in [7, 11) is 1.21. The molecule has 21 heteroatoms. The second-order valence-electron chi connectivity index (χ2n) is 19.1. The van der Waals surface area contributed by atoms with Gasteiger partial charge in [0.2, 0.25) is 41.4 Å². The highest BCUT2D eigenvalue weighted by Crippen LogP contribution is 2.20. The Morgan fingerprint density at radius 2 is 1.09 bits per heavy atom. The Morgan fingerprint density at radius 3 is 1.70 bits per heavy atom. The summed E-state index contributed by atoms with van der Waals surface area (Å²) in [4.78, 5) is 127. The number of aromatic nitrogens is 5. The predicted octanol–water partition coefficient (Wildman–Crippen LogP) is 2.35. The van der Waals surface area contributed by atoms with Crippen LogP contribution in [-0.2, 0) is 68.8 Å². The van der Waals surface area contributed by atoms with E-state index in [1.54, 1.807) is 32.4 Å². The van der Waals surface area contributed by atoms with E-state index in [1.807, 2.05) is 80.6 Å². The number of fused-ring (bicyclic) bond motifs is 2. The molecule has 3 heterocycles. The lowest BCUT2D eigenvalue weighted by Gasteiger charge is -2.27. The molecule has 6 aromatic rings. The number of methoxy groups -OCH3 is 1. The quantitative estimate of drug-likeness (QED) is 0.0372. The van der Waals surface area contributed by atoms with Gasteiger partial charge in [0.15, 0.2) is 0 Å². The highest BCUT2D eigenvalue weighted by atomic mass is 16.5. The average Bonchev–Trinajstić information content (AvgIpc) is 4.18. The molecule has 392 valence electrons. The van der Waals surface area contributed by atoms with E-state index in [2.05, 4.69) is 62.1 Å². The molecular formula is C53H66N12O9. The maximum atomic E-state index is 14.3. The van der Waals surface area contributed by atoms with Crippen LogP contribution in [-0.4, -0.2) is 122 Å². The Hall–Kier alpha value is -8.36. The summed E-state index contributed by atoms with van der Waals surface area (Å²) in [6.45, 7) is 9.96. The minimum absolute atomic E-state index is 0.00511. The summed E-state index contributed by atoms with van der Waals surface area (Å²) in [5.41, 5.74) is 3.17. The van der Waals surface area contributed by atoms with Crippen molar-refractivity contribution < 1.29 is 43.1 Å². The molecule has 0 radical (unpaired) electrons. The number of imidazole rings is 2. The van der Waals surface area contributed by atoms with Gasteiger partial charge in [0, 0.05) is 48.8 Å². The summed E-state index contributed by atoms with van der Waals surface area (Å²) < 4.78 is 4.89. The second kappa shape index (κ2) is 25.8. The summed E-state index contributed by atoms with van der Waals surface area (Å²) in [5.74, 6) is -5.82. The number of esters is 1. The summed E-state index contributed by atoms with van der Waals surface area (Å²) in [6, 6.07) is 12.6. The fraction of sp³-hybridized carbons (Fsp3) is 0.396. The van der Waals surface area contributed by atoms with Crippen LogP contribution in [0.15, 0.2) is 98.0 Å². The van der Waals surface area contributed by atoms with Gasteiger partial charge in [-0.1, -0.05) is 88.4 Å². The molecule has 0 aliphatic heterocycles. The number of amides is 7. The number of rotatable bonds is 25. The highest BCUT2D eigenvalue weighted by Gasteiger charge is 2.34. The van der Waals surface area contributed by atoms with E-state index >= 15 is 0 Å². The number of ether oxygens (including phenoxy) is 1. The standard InChI is InChI=1S/C53H66N12O9/c1-29(2)18-44(53(73)74-7)64-51(71)43(23-38-26-55-28-58-38)62-47(67)31(5)60-52(72)46(30(3)4)65-48(68)32(6)59-49(69)41(21-36-24-56-40-15-11-10-14-39(36)40)63-50(70)42(22-37-25-54-27-57-37)61-45(66)20-33-16-17-34-12-8-9-13-35(34)19-33/h8-17,19,24-32,41-44,46,56H,18,20-23H2,1-7H3,(H,54,57)(H,55,58)(H,59,69)(H,60,72)(H,61,66)(H,62,67)(H,63,70)(H,64,71)(H,65,68)/t31-,32+,41+,42+,43+,44+,46+/m1/s1. The summed E-state index contributed by atoms with van der Waals surface area (Å²) in [6.07, 6.45) is 7.95. The number of nitrogens with zero attached hydrogens (tertiary/aromatic N) is 2. The molecule has 3 aromatic heterocycles. The van der Waals surface area contributed by atoms with E-state index in [4.69, 9.17) is 4.74 Å². The molecule has 74 heavy (non-hydrogen) atoms. The van der Waals surface area contributed by atoms with Crippen LogP contribution in [0.3, 0.4) is 0 Å². The van der Waals surface area contributed by atoms with Crippen molar-refractivity contribution in [3.05, 3.63) is 120 Å². The van der Waals surface area contributed by atoms with Crippen molar-refractivity contribution in [3.63, 3.8) is 0 Å². The molecule has 7 amide bonds. The molecule has 0 unspecified atom stereocenters. The molecule has 6 rings (SSSR count). The smallest absolute Gasteiger partial charge is 0.328 e. The van der Waals surface area contributed by atoms with Crippen molar-refractivity contribution in [2.45, 2.75) is 116 Å². The minimum atomic E-state index is -1.26. The third-order valence-corrected chi connectivity index (χ3v) is 12.4. The molecule has 21 nitrogen and oxygen atoms in total. The van der Waals surface area contributed by atoms with Crippen LogP contribution in [0.4, 0.5) is 0 Å². The summed E-state index contributed by atoms with van der Waals surface area (Å²) >= 11 is 0. The van der Waals surface area contributed by atoms with E-state index < -0.39 is 95.5 Å². The first kappa shape index (κ1) is 55.0. The zero-order valence-electron chi connectivity index (χ0n) is 42.5. The van der Waals surface area contributed by atoms with Crippen molar-refractivity contribution in [3.8, 4) is 0 Å². The Balaban J connectivity index is 1.12. The van der Waals surface area contributed by atoms with Gasteiger partial charge in [-0.15, -0.1) is 0 Å². The molecule has 10 N–H and O–H groups in total. The molecule has 0 bridgehead atoms. The fourth-order valence-corrected chi connectivity index (χ4v) is 8.38. The molecule has 0 aliphatic rings. The average molecular weight is 1020 g/mol. The lowest BCUT2D eigenvalue weighted by Crippen LogP contribution is -2.60. The van der Waals surface area contributed by atoms with Crippen molar-refractivity contribution in [2.75, 3.05) is 7.11 Å². The number of carbonyl (C=O) groups is 8. The van der Waals surface area contributed by atoms with Gasteiger partial charge in [0.05, 0.1) is 37.6 Å². The zero-order valence-corrected chi connectivity index (χ0v) is 42.5. The number of H-pyrrole nitrogens is 3. The van der Waals surface area contributed by atoms with Crippen LogP contribution in [0.5, 0.6) is 0 Å². The minimum Gasteiger partial charge on any atom is -0.467 e. The normalized spacial score (nSPS) is 14.2. The Morgan fingerprint density at radius 1 is 0.554 bits per heavy atom. The topological polar surface area (TPSA) is 303 Å². The van der Waals surface area contributed by atoms with Crippen molar-refractivity contribution in [1.82, 2.24) is 62.1 Å². The Kier molecular flexibility index (Phi) is 19.2. The highest BCUT2D eigenvalue weighted by molar-refractivity contribution is 5.98. The molecule has 0 aliphatic carbocycles. The van der Waals surface area contributed by atoms with Crippen LogP contribution in [0.2, 0.25) is 0 Å². The third-order valence-electron chi connectivity index (χ3n) is 12.4. The first-order valence-corrected chi connectivity index (χ1v) is 24.6. The van der Waals surface area contributed by atoms with E-state index in [-0.39, 0.29) is 38.0 Å². The van der Waals surface area contributed by atoms with E-state index in [1.165, 1.54) is 33.6 Å². The van der Waals surface area contributed by atoms with E-state index in [9.17, 15) is 38.4 Å². The number of hydrogen-bond acceptors (Lipinski definition) is 11. The van der Waals surface area contributed by atoms with Crippen molar-refractivity contribution in [2.24, 2.45) is 11.8 Å². The second-order valence-corrected chi connectivity index (χ2v) is 19.1. The van der Waals surface area contributed by atoms with E-state index in [0.29, 0.717) is 17.0 Å². The van der Waals surface area contributed by atoms with Gasteiger partial charge < -0.3 is 56.9 Å². The molecule has 0 spiro atoms. The summed E-state index contributed by atoms with van der Waals surface area (Å²) in [5, 5.41) is 21.8. The maximum absolute atomic E-state index is 14.3. The molecular weight excluding hydrogens is 949 g/mol. The molecule has 0 saturated carbocycles. The Bertz CT molecular complexity index is 2900. The zero-order chi connectivity index (χ0) is 53.5. The first-order chi connectivity index (χ1) is 35.4. The van der Waals surface area contributed by atoms with Crippen LogP contribution >= 0.6 is 0 Å². The Labute approximate surface area is 428 Å². The number of para-hydroxylation sites is 1. The first-order valence-electron chi connectivity index (χ1n) is 24.6. The number of carbonyl (C=O) groups excluding carboxylic acids is 8. The van der Waals surface area contributed by atoms with Gasteiger partial charge in [-0.3, -0.25) is 33.6 Å². The maximum Gasteiger partial charge on any atom is 0.328 e. The predicted molar refractivity (Wildman–Crippen MR) is 275 cm³/mol. The number of benzene rings is 3. The van der Waals surface area contributed by atoms with Crippen LogP contribution in [0.25, 0.3) is 21.7 Å². The van der Waals surface area contributed by atoms with Crippen molar-refractivity contribution in [1.29, 1.82) is 0 Å². The lowest BCUT2D eigenvalue weighted by molar-refractivity contribution is -0.146. The van der Waals surface area contributed by atoms with Gasteiger partial charge in [-0.2, -0.15) is 0 Å². The van der Waals surface area contributed by atoms with Gasteiger partial charge in [-0.05, 0) is 60.1 Å². The molecule has 0 saturated heterocycles. The lowest BCUT2D eigenvalue weighted by atomic mass is 10.0. The van der Waals surface area contributed by atoms with Gasteiger partial charge >= 0.3 is 5.97 Å². The SMILES string of the molecule is COC(=O)[C@H](CC(C)C)NC(=O)[C@H](Cc1c[nH]cn1)NC(=O)[C@@H](C)NC(=O)[C@@H](NC(=O)[C@H](C)NC(=O)[C@H](Cc1c[nH]c2ccccc12)NC(=O)[C@H](Cc1c[nH]cn1)NC(=O)Cc1ccc2ccccc2c1)C(C)C. The van der Waals surface area contributed by atoms with Crippen LogP contribution in [0, 0.1) is 11.8 Å². The molecule has 7 atom stereocenters. The largest absolute Gasteiger partial charge is 0.467 e. The number of nitrogens with one attached hydrogen (secondary N) is 10. The third kappa shape index (κ3) is 15.3. The molecule has 3 aromatic carbocycles.